The molecule has 0 saturated heterocycles. The topological polar surface area (TPSA) is 96.6 Å². The van der Waals surface area contributed by atoms with E-state index in [1.54, 1.807) is 4.90 Å². The molecule has 7 nitrogen and oxygen atoms in total. The molecular weight excluding hydrogens is 226 g/mol. The first-order valence-corrected chi connectivity index (χ1v) is 5.11. The fourth-order valence-electron chi connectivity index (χ4n) is 1.47. The molecule has 0 bridgehead atoms. The number of carboxylic acid groups (broad SMARTS) is 1. The van der Waals surface area contributed by atoms with Crippen LogP contribution in [0.2, 0.25) is 0 Å². The highest BCUT2D eigenvalue weighted by molar-refractivity contribution is 5.68. The van der Waals surface area contributed by atoms with Crippen LogP contribution in [-0.2, 0) is 4.79 Å². The van der Waals surface area contributed by atoms with Crippen LogP contribution < -0.4 is 4.90 Å². The molecule has 0 aliphatic carbocycles. The summed E-state index contributed by atoms with van der Waals surface area (Å²) in [4.78, 5) is 26.1. The third kappa shape index (κ3) is 3.40. The van der Waals surface area contributed by atoms with Crippen molar-refractivity contribution in [1.82, 2.24) is 4.98 Å². The van der Waals surface area contributed by atoms with E-state index in [1.807, 2.05) is 6.92 Å². The van der Waals surface area contributed by atoms with Crippen LogP contribution in [0.4, 0.5) is 11.4 Å². The summed E-state index contributed by atoms with van der Waals surface area (Å²) in [7, 11) is 0. The summed E-state index contributed by atoms with van der Waals surface area (Å²) in [6.45, 7) is 2.54. The van der Waals surface area contributed by atoms with Crippen molar-refractivity contribution in [1.29, 1.82) is 0 Å². The molecule has 0 saturated carbocycles. The molecule has 1 N–H and O–H groups in total. The summed E-state index contributed by atoms with van der Waals surface area (Å²) in [5.74, 6) is -0.930. The zero-order valence-electron chi connectivity index (χ0n) is 9.37. The van der Waals surface area contributed by atoms with Crippen molar-refractivity contribution in [3.8, 4) is 0 Å². The van der Waals surface area contributed by atoms with Crippen LogP contribution in [0.15, 0.2) is 18.5 Å². The number of hydrogen-bond acceptors (Lipinski definition) is 5. The second-order valence-corrected chi connectivity index (χ2v) is 3.34. The number of carbonyl (C=O) groups is 1. The SMILES string of the molecule is CCN(CCC(=O)O)c1ccncc1[N+](=O)[O-]. The van der Waals surface area contributed by atoms with Crippen molar-refractivity contribution in [3.63, 3.8) is 0 Å². The molecule has 92 valence electrons. The third-order valence-electron chi connectivity index (χ3n) is 2.29. The van der Waals surface area contributed by atoms with Gasteiger partial charge in [-0.15, -0.1) is 0 Å². The number of nitro groups is 1. The van der Waals surface area contributed by atoms with Crippen molar-refractivity contribution >= 4 is 17.3 Å². The first kappa shape index (κ1) is 12.9. The number of anilines is 1. The molecule has 1 aromatic rings. The molecule has 7 heteroatoms. The van der Waals surface area contributed by atoms with Gasteiger partial charge in [0.2, 0.25) is 0 Å². The molecule has 0 atom stereocenters. The van der Waals surface area contributed by atoms with Crippen molar-refractivity contribution in [2.45, 2.75) is 13.3 Å². The van der Waals surface area contributed by atoms with Gasteiger partial charge in [0.15, 0.2) is 0 Å². The molecule has 0 unspecified atom stereocenters. The van der Waals surface area contributed by atoms with E-state index in [4.69, 9.17) is 5.11 Å². The summed E-state index contributed by atoms with van der Waals surface area (Å²) >= 11 is 0. The Balaban J connectivity index is 2.94. The number of aromatic nitrogens is 1. The molecule has 17 heavy (non-hydrogen) atoms. The second kappa shape index (κ2) is 5.78. The predicted octanol–water partition coefficient (Wildman–Crippen LogP) is 1.29. The highest BCUT2D eigenvalue weighted by Gasteiger charge is 2.18. The van der Waals surface area contributed by atoms with Gasteiger partial charge in [-0.2, -0.15) is 0 Å². The summed E-state index contributed by atoms with van der Waals surface area (Å²) in [5, 5.41) is 19.4. The Morgan fingerprint density at radius 1 is 1.65 bits per heavy atom. The van der Waals surface area contributed by atoms with E-state index in [0.29, 0.717) is 12.2 Å². The number of pyridine rings is 1. The first-order chi connectivity index (χ1) is 8.06. The summed E-state index contributed by atoms with van der Waals surface area (Å²) in [6, 6.07) is 1.52. The van der Waals surface area contributed by atoms with E-state index in [0.717, 1.165) is 0 Å². The van der Waals surface area contributed by atoms with Crippen LogP contribution in [-0.4, -0.2) is 34.1 Å². The summed E-state index contributed by atoms with van der Waals surface area (Å²) in [5.41, 5.74) is 0.286. The molecule has 0 spiro atoms. The van der Waals surface area contributed by atoms with Crippen LogP contribution in [0.25, 0.3) is 0 Å². The lowest BCUT2D eigenvalue weighted by Gasteiger charge is -2.21. The molecular formula is C10H13N3O4. The summed E-state index contributed by atoms with van der Waals surface area (Å²) < 4.78 is 0. The van der Waals surface area contributed by atoms with Gasteiger partial charge in [-0.1, -0.05) is 0 Å². The Bertz CT molecular complexity index is 422. The minimum Gasteiger partial charge on any atom is -0.481 e. The van der Waals surface area contributed by atoms with Crippen molar-refractivity contribution in [3.05, 3.63) is 28.6 Å². The second-order valence-electron chi connectivity index (χ2n) is 3.34. The van der Waals surface area contributed by atoms with Gasteiger partial charge in [0.05, 0.1) is 11.3 Å². The van der Waals surface area contributed by atoms with Crippen LogP contribution in [0.1, 0.15) is 13.3 Å². The zero-order valence-corrected chi connectivity index (χ0v) is 9.37. The van der Waals surface area contributed by atoms with Gasteiger partial charge in [-0.25, -0.2) is 0 Å². The average molecular weight is 239 g/mol. The lowest BCUT2D eigenvalue weighted by molar-refractivity contribution is -0.384. The normalized spacial score (nSPS) is 9.94. The highest BCUT2D eigenvalue weighted by Crippen LogP contribution is 2.26. The van der Waals surface area contributed by atoms with E-state index >= 15 is 0 Å². The van der Waals surface area contributed by atoms with Gasteiger partial charge >= 0.3 is 11.7 Å². The molecule has 1 rings (SSSR count). The van der Waals surface area contributed by atoms with E-state index in [2.05, 4.69) is 4.98 Å². The van der Waals surface area contributed by atoms with Gasteiger partial charge < -0.3 is 10.0 Å². The predicted molar refractivity (Wildman–Crippen MR) is 61.0 cm³/mol. The van der Waals surface area contributed by atoms with Gasteiger partial charge in [-0.3, -0.25) is 19.9 Å². The molecule has 0 fully saturated rings. The van der Waals surface area contributed by atoms with Gasteiger partial charge in [0, 0.05) is 19.3 Å². The third-order valence-corrected chi connectivity index (χ3v) is 2.29. The Morgan fingerprint density at radius 2 is 2.35 bits per heavy atom. The fraction of sp³-hybridized carbons (Fsp3) is 0.400. The lowest BCUT2D eigenvalue weighted by atomic mass is 10.3. The largest absolute Gasteiger partial charge is 0.481 e. The van der Waals surface area contributed by atoms with Crippen LogP contribution in [0, 0.1) is 10.1 Å². The minimum absolute atomic E-state index is 0.0622. The lowest BCUT2D eigenvalue weighted by Crippen LogP contribution is -2.26. The Hall–Kier alpha value is -2.18. The molecule has 1 heterocycles. The van der Waals surface area contributed by atoms with Crippen molar-refractivity contribution in [2.24, 2.45) is 0 Å². The Morgan fingerprint density at radius 3 is 2.88 bits per heavy atom. The van der Waals surface area contributed by atoms with E-state index in [-0.39, 0.29) is 18.7 Å². The quantitative estimate of drug-likeness (QED) is 0.593. The Labute approximate surface area is 97.8 Å². The maximum absolute atomic E-state index is 10.8. The fourth-order valence-corrected chi connectivity index (χ4v) is 1.47. The van der Waals surface area contributed by atoms with Crippen molar-refractivity contribution in [2.75, 3.05) is 18.0 Å². The smallest absolute Gasteiger partial charge is 0.310 e. The van der Waals surface area contributed by atoms with Gasteiger partial charge in [-0.05, 0) is 13.0 Å². The summed E-state index contributed by atoms with van der Waals surface area (Å²) in [6.07, 6.45) is 2.55. The molecule has 0 radical (unpaired) electrons. The molecule has 0 aromatic carbocycles. The standard InChI is InChI=1S/C10H13N3O4/c1-2-12(6-4-10(14)15)8-3-5-11-7-9(8)13(16)17/h3,5,7H,2,4,6H2,1H3,(H,14,15). The number of nitrogens with zero attached hydrogens (tertiary/aromatic N) is 3. The van der Waals surface area contributed by atoms with E-state index in [9.17, 15) is 14.9 Å². The highest BCUT2D eigenvalue weighted by atomic mass is 16.6. The first-order valence-electron chi connectivity index (χ1n) is 5.11. The number of rotatable bonds is 6. The van der Waals surface area contributed by atoms with Crippen LogP contribution in [0.5, 0.6) is 0 Å². The minimum atomic E-state index is -0.930. The molecule has 0 aliphatic rings. The van der Waals surface area contributed by atoms with Crippen molar-refractivity contribution < 1.29 is 14.8 Å². The zero-order chi connectivity index (χ0) is 12.8. The number of hydrogen-bond donors (Lipinski definition) is 1. The number of aliphatic carboxylic acids is 1. The van der Waals surface area contributed by atoms with E-state index < -0.39 is 10.9 Å². The number of carboxylic acids is 1. The van der Waals surface area contributed by atoms with Gasteiger partial charge in [0.25, 0.3) is 0 Å². The molecule has 0 aliphatic heterocycles. The molecule has 0 amide bonds. The maximum atomic E-state index is 10.8. The van der Waals surface area contributed by atoms with Crippen LogP contribution in [0.3, 0.4) is 0 Å². The maximum Gasteiger partial charge on any atom is 0.310 e. The van der Waals surface area contributed by atoms with Gasteiger partial charge in [0.1, 0.15) is 11.9 Å². The monoisotopic (exact) mass is 239 g/mol. The van der Waals surface area contributed by atoms with E-state index in [1.165, 1.54) is 18.5 Å². The van der Waals surface area contributed by atoms with Crippen LogP contribution >= 0.6 is 0 Å². The average Bonchev–Trinajstić information content (AvgIpc) is 2.30. The molecule has 1 aromatic heterocycles. The Kier molecular flexibility index (Phi) is 4.38.